The Hall–Kier alpha value is -1.95. The molecule has 1 aliphatic rings. The topological polar surface area (TPSA) is 52.7 Å². The third-order valence-corrected chi connectivity index (χ3v) is 5.08. The molecule has 1 aliphatic heterocycles. The number of anilines is 1. The lowest BCUT2D eigenvalue weighted by molar-refractivity contribution is -0.123. The molecular formula is C21H32FN3O2. The Balaban J connectivity index is 1.78. The Morgan fingerprint density at radius 1 is 1.19 bits per heavy atom. The highest BCUT2D eigenvalue weighted by Crippen LogP contribution is 2.22. The second-order valence-electron chi connectivity index (χ2n) is 7.45. The number of hydrogen-bond donors (Lipinski definition) is 1. The van der Waals surface area contributed by atoms with Crippen LogP contribution >= 0.6 is 0 Å². The number of amides is 1. The molecule has 1 unspecified atom stereocenters. The molecule has 0 aliphatic carbocycles. The lowest BCUT2D eigenvalue weighted by Crippen LogP contribution is -2.50. The number of carbonyl (C=O) groups is 2. The quantitative estimate of drug-likeness (QED) is 0.530. The van der Waals surface area contributed by atoms with Crippen LogP contribution in [0.25, 0.3) is 0 Å². The maximum atomic E-state index is 14.3. The first-order valence-corrected chi connectivity index (χ1v) is 9.97. The second-order valence-corrected chi connectivity index (χ2v) is 7.45. The van der Waals surface area contributed by atoms with Gasteiger partial charge in [0.2, 0.25) is 5.91 Å². The van der Waals surface area contributed by atoms with E-state index in [0.29, 0.717) is 44.0 Å². The highest BCUT2D eigenvalue weighted by molar-refractivity contribution is 5.94. The van der Waals surface area contributed by atoms with Crippen LogP contribution in [0.4, 0.5) is 10.1 Å². The summed E-state index contributed by atoms with van der Waals surface area (Å²) >= 11 is 0. The molecule has 0 bridgehead atoms. The van der Waals surface area contributed by atoms with E-state index in [1.165, 1.54) is 25.8 Å². The van der Waals surface area contributed by atoms with Crippen molar-refractivity contribution in [3.63, 3.8) is 0 Å². The zero-order valence-corrected chi connectivity index (χ0v) is 16.8. The number of nitrogens with zero attached hydrogens (tertiary/aromatic N) is 2. The molecule has 1 heterocycles. The monoisotopic (exact) mass is 377 g/mol. The molecule has 2 rings (SSSR count). The molecule has 150 valence electrons. The van der Waals surface area contributed by atoms with Crippen molar-refractivity contribution >= 4 is 17.4 Å². The van der Waals surface area contributed by atoms with Gasteiger partial charge in [0.15, 0.2) is 5.78 Å². The van der Waals surface area contributed by atoms with Crippen molar-refractivity contribution < 1.29 is 14.0 Å². The number of hydrogen-bond acceptors (Lipinski definition) is 4. The van der Waals surface area contributed by atoms with Crippen molar-refractivity contribution in [3.8, 4) is 0 Å². The SMILES string of the molecule is CCCCCC(C)NC(=O)CN1CCN(c2ccc(C(C)=O)cc2F)CC1. The smallest absolute Gasteiger partial charge is 0.234 e. The Labute approximate surface area is 161 Å². The predicted octanol–water partition coefficient (Wildman–Crippen LogP) is 3.24. The number of halogens is 1. The summed E-state index contributed by atoms with van der Waals surface area (Å²) in [5.74, 6) is -0.445. The molecule has 0 spiro atoms. The standard InChI is InChI=1S/C21H32FN3O2/c1-4-5-6-7-16(2)23-21(27)15-24-10-12-25(13-11-24)20-9-8-18(17(3)26)14-19(20)22/h8-9,14,16H,4-7,10-13,15H2,1-3H3,(H,23,27). The summed E-state index contributed by atoms with van der Waals surface area (Å²) in [6, 6.07) is 4.85. The Bertz CT molecular complexity index is 642. The maximum Gasteiger partial charge on any atom is 0.234 e. The molecule has 0 aromatic heterocycles. The van der Waals surface area contributed by atoms with Gasteiger partial charge in [0.25, 0.3) is 0 Å². The molecule has 1 N–H and O–H groups in total. The van der Waals surface area contributed by atoms with Gasteiger partial charge in [0.1, 0.15) is 5.82 Å². The number of carbonyl (C=O) groups excluding carboxylic acids is 2. The zero-order chi connectivity index (χ0) is 19.8. The number of unbranched alkanes of at least 4 members (excludes halogenated alkanes) is 2. The van der Waals surface area contributed by atoms with Crippen molar-refractivity contribution in [1.82, 2.24) is 10.2 Å². The van der Waals surface area contributed by atoms with Gasteiger partial charge >= 0.3 is 0 Å². The highest BCUT2D eigenvalue weighted by Gasteiger charge is 2.22. The Kier molecular flexibility index (Phi) is 8.23. The third-order valence-electron chi connectivity index (χ3n) is 5.08. The first-order chi connectivity index (χ1) is 12.9. The van der Waals surface area contributed by atoms with E-state index in [-0.39, 0.29) is 23.5 Å². The van der Waals surface area contributed by atoms with Crippen LogP contribution in [0.3, 0.4) is 0 Å². The van der Waals surface area contributed by atoms with Gasteiger partial charge in [-0.25, -0.2) is 4.39 Å². The van der Waals surface area contributed by atoms with E-state index in [0.717, 1.165) is 12.8 Å². The van der Waals surface area contributed by atoms with Crippen LogP contribution < -0.4 is 10.2 Å². The van der Waals surface area contributed by atoms with Gasteiger partial charge in [-0.3, -0.25) is 14.5 Å². The normalized spacial score (nSPS) is 16.2. The lowest BCUT2D eigenvalue weighted by Gasteiger charge is -2.36. The highest BCUT2D eigenvalue weighted by atomic mass is 19.1. The molecule has 1 amide bonds. The van der Waals surface area contributed by atoms with Crippen LogP contribution in [0.15, 0.2) is 18.2 Å². The van der Waals surface area contributed by atoms with Gasteiger partial charge in [0.05, 0.1) is 12.2 Å². The predicted molar refractivity (Wildman–Crippen MR) is 107 cm³/mol. The molecule has 1 atom stereocenters. The van der Waals surface area contributed by atoms with E-state index < -0.39 is 0 Å². The van der Waals surface area contributed by atoms with Gasteiger partial charge in [-0.2, -0.15) is 0 Å². The van der Waals surface area contributed by atoms with Gasteiger partial charge in [0, 0.05) is 37.8 Å². The van der Waals surface area contributed by atoms with Crippen LogP contribution in [0, 0.1) is 5.82 Å². The van der Waals surface area contributed by atoms with Crippen LogP contribution in [-0.4, -0.2) is 55.4 Å². The number of rotatable bonds is 9. The number of ketones is 1. The maximum absolute atomic E-state index is 14.3. The van der Waals surface area contributed by atoms with Gasteiger partial charge in [-0.1, -0.05) is 26.2 Å². The van der Waals surface area contributed by atoms with Crippen LogP contribution in [0.2, 0.25) is 0 Å². The van der Waals surface area contributed by atoms with Crippen molar-refractivity contribution in [2.75, 3.05) is 37.6 Å². The van der Waals surface area contributed by atoms with Crippen molar-refractivity contribution in [3.05, 3.63) is 29.6 Å². The summed E-state index contributed by atoms with van der Waals surface area (Å²) in [5.41, 5.74) is 0.910. The van der Waals surface area contributed by atoms with Crippen LogP contribution in [0.5, 0.6) is 0 Å². The zero-order valence-electron chi connectivity index (χ0n) is 16.8. The van der Waals surface area contributed by atoms with Crippen LogP contribution in [-0.2, 0) is 4.79 Å². The number of Topliss-reactive ketones (excluding diaryl/α,β-unsaturated/α-hetero) is 1. The fourth-order valence-electron chi connectivity index (χ4n) is 3.43. The van der Waals surface area contributed by atoms with Crippen molar-refractivity contribution in [2.24, 2.45) is 0 Å². The minimum absolute atomic E-state index is 0.0597. The summed E-state index contributed by atoms with van der Waals surface area (Å²) in [7, 11) is 0. The first kappa shape index (κ1) is 21.4. The lowest BCUT2D eigenvalue weighted by atomic mass is 10.1. The fraction of sp³-hybridized carbons (Fsp3) is 0.619. The molecule has 0 saturated carbocycles. The van der Waals surface area contributed by atoms with E-state index >= 15 is 0 Å². The van der Waals surface area contributed by atoms with Gasteiger partial charge in [-0.15, -0.1) is 0 Å². The molecule has 1 saturated heterocycles. The average molecular weight is 378 g/mol. The molecule has 0 radical (unpaired) electrons. The largest absolute Gasteiger partial charge is 0.367 e. The van der Waals surface area contributed by atoms with E-state index in [1.807, 2.05) is 4.90 Å². The summed E-state index contributed by atoms with van der Waals surface area (Å²) in [5, 5.41) is 3.07. The van der Waals surface area contributed by atoms with E-state index in [2.05, 4.69) is 24.1 Å². The summed E-state index contributed by atoms with van der Waals surface area (Å²) < 4.78 is 14.3. The number of piperazine rings is 1. The van der Waals surface area contributed by atoms with E-state index in [9.17, 15) is 14.0 Å². The Morgan fingerprint density at radius 3 is 2.48 bits per heavy atom. The Morgan fingerprint density at radius 2 is 1.89 bits per heavy atom. The van der Waals surface area contributed by atoms with Crippen molar-refractivity contribution in [1.29, 1.82) is 0 Å². The average Bonchev–Trinajstić information content (AvgIpc) is 2.62. The number of benzene rings is 1. The molecule has 6 heteroatoms. The summed E-state index contributed by atoms with van der Waals surface area (Å²) in [6.07, 6.45) is 4.54. The van der Waals surface area contributed by atoms with E-state index in [4.69, 9.17) is 0 Å². The third kappa shape index (κ3) is 6.61. The summed E-state index contributed by atoms with van der Waals surface area (Å²) in [6.45, 7) is 8.80. The van der Waals surface area contributed by atoms with Crippen LogP contribution in [0.1, 0.15) is 56.8 Å². The molecular weight excluding hydrogens is 345 g/mol. The van der Waals surface area contributed by atoms with Crippen molar-refractivity contribution in [2.45, 2.75) is 52.5 Å². The fourth-order valence-corrected chi connectivity index (χ4v) is 3.43. The second kappa shape index (κ2) is 10.4. The molecule has 1 aromatic rings. The minimum Gasteiger partial charge on any atom is -0.367 e. The molecule has 1 fully saturated rings. The molecule has 1 aromatic carbocycles. The minimum atomic E-state index is -0.366. The molecule has 27 heavy (non-hydrogen) atoms. The van der Waals surface area contributed by atoms with Gasteiger partial charge in [-0.05, 0) is 38.5 Å². The first-order valence-electron chi connectivity index (χ1n) is 9.97. The summed E-state index contributed by atoms with van der Waals surface area (Å²) in [4.78, 5) is 27.6. The van der Waals surface area contributed by atoms with Gasteiger partial charge < -0.3 is 10.2 Å². The number of nitrogens with one attached hydrogen (secondary N) is 1. The molecule has 5 nitrogen and oxygen atoms in total. The van der Waals surface area contributed by atoms with E-state index in [1.54, 1.807) is 12.1 Å².